The van der Waals surface area contributed by atoms with Crippen LogP contribution in [0.15, 0.2) is 60.7 Å². The van der Waals surface area contributed by atoms with Crippen LogP contribution in [0, 0.1) is 0 Å². The fraction of sp³-hybridized carbons (Fsp3) is 0.478. The summed E-state index contributed by atoms with van der Waals surface area (Å²) in [6.45, 7) is 5.45. The second-order valence-corrected chi connectivity index (χ2v) is 9.26. The molecule has 1 aliphatic heterocycles. The molecule has 1 aliphatic rings. The van der Waals surface area contributed by atoms with Gasteiger partial charge in [-0.05, 0) is 57.2 Å². The van der Waals surface area contributed by atoms with Crippen LogP contribution in [-0.2, 0) is 20.1 Å². The lowest BCUT2D eigenvalue weighted by atomic mass is 9.82. The maximum Gasteiger partial charge on any atom is 0.334 e. The number of piperidine rings is 1. The predicted octanol–water partition coefficient (Wildman–Crippen LogP) is 4.19. The molecule has 0 bridgehead atoms. The highest BCUT2D eigenvalue weighted by molar-refractivity contribution is 7.84. The third kappa shape index (κ3) is 5.45. The van der Waals surface area contributed by atoms with E-state index in [0.29, 0.717) is 18.5 Å². The monoisotopic (exact) mass is 416 g/mol. The van der Waals surface area contributed by atoms with Crippen molar-refractivity contribution in [2.45, 2.75) is 63.6 Å². The van der Waals surface area contributed by atoms with E-state index in [4.69, 9.17) is 9.32 Å². The molecule has 1 heterocycles. The van der Waals surface area contributed by atoms with Crippen LogP contribution in [0.3, 0.4) is 0 Å². The largest absolute Gasteiger partial charge is 0.334 e. The topological polar surface area (TPSA) is 72.6 Å². The van der Waals surface area contributed by atoms with Crippen molar-refractivity contribution < 1.29 is 12.6 Å². The van der Waals surface area contributed by atoms with Gasteiger partial charge in [-0.3, -0.25) is 4.90 Å². The summed E-state index contributed by atoms with van der Waals surface area (Å²) in [5.74, 6) is 0. The number of hydrogen-bond donors (Lipinski definition) is 1. The molecule has 0 unspecified atom stereocenters. The first kappa shape index (κ1) is 22.0. The third-order valence-corrected chi connectivity index (χ3v) is 6.58. The Morgan fingerprint density at radius 3 is 1.90 bits per heavy atom. The highest BCUT2D eigenvalue weighted by atomic mass is 32.2. The molecule has 2 N–H and O–H groups in total. The summed E-state index contributed by atoms with van der Waals surface area (Å²) in [4.78, 5) is 2.53. The Morgan fingerprint density at radius 1 is 0.966 bits per heavy atom. The molecule has 0 aliphatic carbocycles. The Labute approximate surface area is 175 Å². The highest BCUT2D eigenvalue weighted by Crippen LogP contribution is 2.39. The van der Waals surface area contributed by atoms with Crippen molar-refractivity contribution in [1.29, 1.82) is 0 Å². The molecule has 0 spiro atoms. The number of hydrogen-bond acceptors (Lipinski definition) is 4. The summed E-state index contributed by atoms with van der Waals surface area (Å²) in [6.07, 6.45) is 5.01. The van der Waals surface area contributed by atoms with Crippen LogP contribution in [0.4, 0.5) is 0 Å². The fourth-order valence-corrected chi connectivity index (χ4v) is 5.30. The molecular weight excluding hydrogens is 384 g/mol. The standard InChI is InChI=1S/C23H32N2O3S/c1-19-11-9-12-20(2)25(19)18-10-17-23(28-29(24,26)27,21-13-5-3-6-14-21)22-15-7-4-8-16-22/h3-8,13-16,19-20H,9-12,17-18H2,1-2H3,(H2,24,26,27)/t19-,20+. The first-order valence-electron chi connectivity index (χ1n) is 10.4. The van der Waals surface area contributed by atoms with E-state index in [-0.39, 0.29) is 0 Å². The molecule has 158 valence electrons. The molecule has 6 heteroatoms. The third-order valence-electron chi connectivity index (χ3n) is 6.06. The zero-order chi connectivity index (χ0) is 20.9. The van der Waals surface area contributed by atoms with Gasteiger partial charge in [0.2, 0.25) is 0 Å². The molecule has 3 rings (SSSR count). The average Bonchev–Trinajstić information content (AvgIpc) is 2.70. The zero-order valence-electron chi connectivity index (χ0n) is 17.3. The lowest BCUT2D eigenvalue weighted by Gasteiger charge is -2.40. The summed E-state index contributed by atoms with van der Waals surface area (Å²) in [5.41, 5.74) is 0.443. The maximum atomic E-state index is 12.1. The van der Waals surface area contributed by atoms with Gasteiger partial charge in [-0.15, -0.1) is 0 Å². The smallest absolute Gasteiger partial charge is 0.298 e. The van der Waals surface area contributed by atoms with Gasteiger partial charge in [0.1, 0.15) is 5.60 Å². The van der Waals surface area contributed by atoms with Gasteiger partial charge in [0, 0.05) is 12.1 Å². The first-order chi connectivity index (χ1) is 13.8. The Bertz CT molecular complexity index is 822. The molecule has 29 heavy (non-hydrogen) atoms. The summed E-state index contributed by atoms with van der Waals surface area (Å²) in [7, 11) is -4.17. The van der Waals surface area contributed by atoms with Crippen molar-refractivity contribution in [3.8, 4) is 0 Å². The Hall–Kier alpha value is -1.73. The highest BCUT2D eigenvalue weighted by Gasteiger charge is 2.39. The van der Waals surface area contributed by atoms with Gasteiger partial charge in [0.25, 0.3) is 0 Å². The minimum Gasteiger partial charge on any atom is -0.298 e. The van der Waals surface area contributed by atoms with Crippen molar-refractivity contribution in [2.24, 2.45) is 5.14 Å². The molecule has 0 aromatic heterocycles. The first-order valence-corrected chi connectivity index (χ1v) is 11.9. The second-order valence-electron chi connectivity index (χ2n) is 8.11. The van der Waals surface area contributed by atoms with E-state index in [2.05, 4.69) is 18.7 Å². The Morgan fingerprint density at radius 2 is 1.45 bits per heavy atom. The van der Waals surface area contributed by atoms with Gasteiger partial charge >= 0.3 is 10.3 Å². The van der Waals surface area contributed by atoms with Crippen molar-refractivity contribution in [3.63, 3.8) is 0 Å². The number of nitrogens with zero attached hydrogens (tertiary/aromatic N) is 1. The van der Waals surface area contributed by atoms with Crippen LogP contribution in [0.25, 0.3) is 0 Å². The summed E-state index contributed by atoms with van der Waals surface area (Å²) in [5, 5.41) is 5.39. The molecule has 2 aromatic carbocycles. The molecule has 0 amide bonds. The van der Waals surface area contributed by atoms with Crippen LogP contribution in [0.1, 0.15) is 57.1 Å². The van der Waals surface area contributed by atoms with Crippen molar-refractivity contribution in [2.75, 3.05) is 6.54 Å². The fourth-order valence-electron chi connectivity index (χ4n) is 4.63. The molecule has 2 aromatic rings. The lowest BCUT2D eigenvalue weighted by Crippen LogP contribution is -2.45. The van der Waals surface area contributed by atoms with E-state index in [0.717, 1.165) is 24.1 Å². The molecule has 2 atom stereocenters. The minimum atomic E-state index is -4.17. The Balaban J connectivity index is 1.93. The van der Waals surface area contributed by atoms with Gasteiger partial charge in [0.15, 0.2) is 0 Å². The number of benzene rings is 2. The van der Waals surface area contributed by atoms with Gasteiger partial charge in [0.05, 0.1) is 0 Å². The van der Waals surface area contributed by atoms with Crippen molar-refractivity contribution in [3.05, 3.63) is 71.8 Å². The van der Waals surface area contributed by atoms with Crippen molar-refractivity contribution in [1.82, 2.24) is 4.90 Å². The van der Waals surface area contributed by atoms with E-state index >= 15 is 0 Å². The number of nitrogens with two attached hydrogens (primary N) is 1. The van der Waals surface area contributed by atoms with E-state index < -0.39 is 15.9 Å². The quantitative estimate of drug-likeness (QED) is 0.700. The van der Waals surface area contributed by atoms with E-state index in [1.165, 1.54) is 19.3 Å². The van der Waals surface area contributed by atoms with Crippen LogP contribution in [0.5, 0.6) is 0 Å². The number of rotatable bonds is 8. The predicted molar refractivity (Wildman–Crippen MR) is 117 cm³/mol. The maximum absolute atomic E-state index is 12.1. The normalized spacial score (nSPS) is 21.2. The molecule has 0 saturated carbocycles. The summed E-state index contributed by atoms with van der Waals surface area (Å²) >= 11 is 0. The molecule has 1 saturated heterocycles. The van der Waals surface area contributed by atoms with Crippen LogP contribution >= 0.6 is 0 Å². The SMILES string of the molecule is C[C@@H]1CCC[C@H](C)N1CCCC(OS(N)(=O)=O)(c1ccccc1)c1ccccc1. The van der Waals surface area contributed by atoms with Crippen LogP contribution in [-0.4, -0.2) is 31.9 Å². The molecular formula is C23H32N2O3S. The Kier molecular flexibility index (Phi) is 7.11. The summed E-state index contributed by atoms with van der Waals surface area (Å²) < 4.78 is 29.9. The second kappa shape index (κ2) is 9.39. The minimum absolute atomic E-state index is 0.521. The van der Waals surface area contributed by atoms with Crippen LogP contribution in [0.2, 0.25) is 0 Å². The average molecular weight is 417 g/mol. The van der Waals surface area contributed by atoms with E-state index in [1.807, 2.05) is 60.7 Å². The lowest BCUT2D eigenvalue weighted by molar-refractivity contribution is 0.0741. The molecule has 5 nitrogen and oxygen atoms in total. The summed E-state index contributed by atoms with van der Waals surface area (Å²) in [6, 6.07) is 20.1. The molecule has 0 radical (unpaired) electrons. The van der Waals surface area contributed by atoms with E-state index in [9.17, 15) is 8.42 Å². The zero-order valence-corrected chi connectivity index (χ0v) is 18.1. The van der Waals surface area contributed by atoms with Gasteiger partial charge < -0.3 is 0 Å². The van der Waals surface area contributed by atoms with Gasteiger partial charge in [-0.25, -0.2) is 9.32 Å². The van der Waals surface area contributed by atoms with E-state index in [1.54, 1.807) is 0 Å². The van der Waals surface area contributed by atoms with Crippen LogP contribution < -0.4 is 5.14 Å². The number of likely N-dealkylation sites (tertiary alicyclic amines) is 1. The van der Waals surface area contributed by atoms with Gasteiger partial charge in [-0.1, -0.05) is 67.1 Å². The van der Waals surface area contributed by atoms with Crippen molar-refractivity contribution >= 4 is 10.3 Å². The van der Waals surface area contributed by atoms with Gasteiger partial charge in [-0.2, -0.15) is 8.42 Å². The molecule has 1 fully saturated rings.